The summed E-state index contributed by atoms with van der Waals surface area (Å²) >= 11 is 0. The summed E-state index contributed by atoms with van der Waals surface area (Å²) in [6.45, 7) is 0.992. The molecular weight excluding hydrogens is 320 g/mol. The molecule has 0 unspecified atom stereocenters. The molecule has 1 fully saturated rings. The average Bonchev–Trinajstić information content (AvgIpc) is 2.93. The number of carboxylic acid groups (broad SMARTS) is 1. The van der Waals surface area contributed by atoms with Gasteiger partial charge in [0, 0.05) is 13.1 Å². The Bertz CT molecular complexity index is 684. The number of benzene rings is 1. The Balaban J connectivity index is 1.85. The Kier molecular flexibility index (Phi) is 5.38. The van der Waals surface area contributed by atoms with Crippen molar-refractivity contribution in [3.63, 3.8) is 0 Å². The summed E-state index contributed by atoms with van der Waals surface area (Å²) in [6.07, 6.45) is 2.64. The second-order valence-corrected chi connectivity index (χ2v) is 7.63. The number of rotatable bonds is 6. The second kappa shape index (κ2) is 7.10. The summed E-state index contributed by atoms with van der Waals surface area (Å²) in [7, 11) is -3.37. The van der Waals surface area contributed by atoms with Crippen molar-refractivity contribution < 1.29 is 23.1 Å². The Morgan fingerprint density at radius 1 is 1.30 bits per heavy atom. The van der Waals surface area contributed by atoms with Gasteiger partial charge in [0.25, 0.3) is 0 Å². The summed E-state index contributed by atoms with van der Waals surface area (Å²) < 4.78 is 24.2. The molecule has 1 aliphatic heterocycles. The van der Waals surface area contributed by atoms with Crippen LogP contribution >= 0.6 is 0 Å². The fourth-order valence-electron chi connectivity index (χ4n) is 2.65. The molecule has 1 aromatic rings. The predicted octanol–water partition coefficient (Wildman–Crippen LogP) is 0.325. The van der Waals surface area contributed by atoms with Gasteiger partial charge in [0.1, 0.15) is 0 Å². The Labute approximate surface area is 135 Å². The number of likely N-dealkylation sites (tertiary alicyclic amines) is 1. The van der Waals surface area contributed by atoms with Gasteiger partial charge in [-0.1, -0.05) is 12.1 Å². The normalized spacial score (nSPS) is 18.1. The van der Waals surface area contributed by atoms with Crippen molar-refractivity contribution in [3.8, 4) is 0 Å². The van der Waals surface area contributed by atoms with Gasteiger partial charge in [-0.25, -0.2) is 17.9 Å². The molecule has 0 radical (unpaired) electrons. The van der Waals surface area contributed by atoms with E-state index in [9.17, 15) is 18.0 Å². The van der Waals surface area contributed by atoms with E-state index in [1.807, 2.05) is 0 Å². The fourth-order valence-corrected chi connectivity index (χ4v) is 3.03. The summed E-state index contributed by atoms with van der Waals surface area (Å²) in [6, 6.07) is 6.73. The van der Waals surface area contributed by atoms with E-state index in [0.29, 0.717) is 19.0 Å². The number of carboxylic acids is 1. The van der Waals surface area contributed by atoms with E-state index in [0.717, 1.165) is 24.7 Å². The van der Waals surface area contributed by atoms with Gasteiger partial charge in [0.05, 0.1) is 18.4 Å². The standard InChI is InChI=1S/C15H20N2O5S/c1-23(21,22)16-9-14(18)17-7-6-12(10-17)8-11-2-4-13(5-3-11)15(19)20/h2-5,12,16H,6-10H2,1H3,(H,19,20)/t12-/m1/s1. The quantitative estimate of drug-likeness (QED) is 0.776. The Morgan fingerprint density at radius 2 is 1.96 bits per heavy atom. The van der Waals surface area contributed by atoms with Crippen molar-refractivity contribution in [1.82, 2.24) is 9.62 Å². The van der Waals surface area contributed by atoms with E-state index in [4.69, 9.17) is 5.11 Å². The van der Waals surface area contributed by atoms with Gasteiger partial charge in [-0.15, -0.1) is 0 Å². The molecule has 0 saturated carbocycles. The van der Waals surface area contributed by atoms with Crippen LogP contribution in [-0.4, -0.2) is 56.2 Å². The third kappa shape index (κ3) is 5.33. The van der Waals surface area contributed by atoms with Crippen LogP contribution in [0.25, 0.3) is 0 Å². The van der Waals surface area contributed by atoms with Crippen molar-refractivity contribution in [2.75, 3.05) is 25.9 Å². The SMILES string of the molecule is CS(=O)(=O)NCC(=O)N1CC[C@H](Cc2ccc(C(=O)O)cc2)C1. The number of hydrogen-bond donors (Lipinski definition) is 2. The molecule has 8 heteroatoms. The molecular formula is C15H20N2O5S. The molecule has 23 heavy (non-hydrogen) atoms. The maximum Gasteiger partial charge on any atom is 0.335 e. The first-order chi connectivity index (χ1) is 10.7. The molecule has 0 spiro atoms. The molecule has 0 aromatic heterocycles. The first kappa shape index (κ1) is 17.4. The molecule has 0 aliphatic carbocycles. The molecule has 7 nitrogen and oxygen atoms in total. The second-order valence-electron chi connectivity index (χ2n) is 5.79. The van der Waals surface area contributed by atoms with E-state index in [1.54, 1.807) is 29.2 Å². The van der Waals surface area contributed by atoms with Crippen molar-refractivity contribution >= 4 is 21.9 Å². The number of hydrogen-bond acceptors (Lipinski definition) is 4. The molecule has 1 saturated heterocycles. The molecule has 1 amide bonds. The minimum atomic E-state index is -3.37. The van der Waals surface area contributed by atoms with Crippen molar-refractivity contribution in [2.45, 2.75) is 12.8 Å². The lowest BCUT2D eigenvalue weighted by Crippen LogP contribution is -2.38. The van der Waals surface area contributed by atoms with E-state index in [2.05, 4.69) is 4.72 Å². The number of aromatic carboxylic acids is 1. The number of carbonyl (C=O) groups excluding carboxylic acids is 1. The number of sulfonamides is 1. The van der Waals surface area contributed by atoms with Crippen molar-refractivity contribution in [2.24, 2.45) is 5.92 Å². The largest absolute Gasteiger partial charge is 0.478 e. The molecule has 0 bridgehead atoms. The molecule has 2 N–H and O–H groups in total. The van der Waals surface area contributed by atoms with Crippen LogP contribution in [0, 0.1) is 5.92 Å². The van der Waals surface area contributed by atoms with Gasteiger partial charge in [-0.3, -0.25) is 4.79 Å². The van der Waals surface area contributed by atoms with Gasteiger partial charge in [0.15, 0.2) is 0 Å². The third-order valence-electron chi connectivity index (χ3n) is 3.85. The molecule has 126 valence electrons. The molecule has 1 heterocycles. The topological polar surface area (TPSA) is 104 Å². The van der Waals surface area contributed by atoms with Crippen LogP contribution in [0.5, 0.6) is 0 Å². The third-order valence-corrected chi connectivity index (χ3v) is 4.52. The zero-order valence-electron chi connectivity index (χ0n) is 12.9. The lowest BCUT2D eigenvalue weighted by atomic mass is 9.98. The van der Waals surface area contributed by atoms with Gasteiger partial charge in [-0.05, 0) is 36.5 Å². The maximum absolute atomic E-state index is 11.9. The zero-order valence-corrected chi connectivity index (χ0v) is 13.7. The fraction of sp³-hybridized carbons (Fsp3) is 0.467. The highest BCUT2D eigenvalue weighted by Gasteiger charge is 2.26. The molecule has 2 rings (SSSR count). The van der Waals surface area contributed by atoms with Crippen LogP contribution in [0.4, 0.5) is 0 Å². The number of nitrogens with one attached hydrogen (secondary N) is 1. The van der Waals surface area contributed by atoms with Crippen LogP contribution in [0.2, 0.25) is 0 Å². The van der Waals surface area contributed by atoms with Gasteiger partial charge in [-0.2, -0.15) is 0 Å². The molecule has 1 aromatic carbocycles. The highest BCUT2D eigenvalue weighted by molar-refractivity contribution is 7.88. The number of carbonyl (C=O) groups is 2. The average molecular weight is 340 g/mol. The zero-order chi connectivity index (χ0) is 17.0. The monoisotopic (exact) mass is 340 g/mol. The predicted molar refractivity (Wildman–Crippen MR) is 84.6 cm³/mol. The molecule has 1 aliphatic rings. The van der Waals surface area contributed by atoms with E-state index < -0.39 is 16.0 Å². The van der Waals surface area contributed by atoms with Gasteiger partial charge >= 0.3 is 5.97 Å². The summed E-state index contributed by atoms with van der Waals surface area (Å²) in [5, 5.41) is 8.87. The van der Waals surface area contributed by atoms with Crippen LogP contribution in [-0.2, 0) is 21.2 Å². The highest BCUT2D eigenvalue weighted by atomic mass is 32.2. The Hall–Kier alpha value is -1.93. The summed E-state index contributed by atoms with van der Waals surface area (Å²) in [5.74, 6) is -0.875. The maximum atomic E-state index is 11.9. The van der Waals surface area contributed by atoms with E-state index in [-0.39, 0.29) is 18.0 Å². The van der Waals surface area contributed by atoms with Gasteiger partial charge in [0.2, 0.25) is 15.9 Å². The van der Waals surface area contributed by atoms with Crippen molar-refractivity contribution in [3.05, 3.63) is 35.4 Å². The molecule has 1 atom stereocenters. The van der Waals surface area contributed by atoms with Crippen LogP contribution in [0.1, 0.15) is 22.3 Å². The highest BCUT2D eigenvalue weighted by Crippen LogP contribution is 2.21. The van der Waals surface area contributed by atoms with Crippen LogP contribution < -0.4 is 4.72 Å². The van der Waals surface area contributed by atoms with Gasteiger partial charge < -0.3 is 10.0 Å². The number of amides is 1. The number of nitrogens with zero attached hydrogens (tertiary/aromatic N) is 1. The minimum absolute atomic E-state index is 0.209. The summed E-state index contributed by atoms with van der Waals surface area (Å²) in [4.78, 5) is 24.4. The summed E-state index contributed by atoms with van der Waals surface area (Å²) in [5.41, 5.74) is 1.28. The smallest absolute Gasteiger partial charge is 0.335 e. The van der Waals surface area contributed by atoms with Crippen LogP contribution in [0.3, 0.4) is 0 Å². The first-order valence-electron chi connectivity index (χ1n) is 7.29. The van der Waals surface area contributed by atoms with Crippen molar-refractivity contribution in [1.29, 1.82) is 0 Å². The van der Waals surface area contributed by atoms with E-state index in [1.165, 1.54) is 0 Å². The van der Waals surface area contributed by atoms with Crippen LogP contribution in [0.15, 0.2) is 24.3 Å². The van der Waals surface area contributed by atoms with E-state index >= 15 is 0 Å². The lowest BCUT2D eigenvalue weighted by Gasteiger charge is -2.16. The Morgan fingerprint density at radius 3 is 2.52 bits per heavy atom. The minimum Gasteiger partial charge on any atom is -0.478 e. The lowest BCUT2D eigenvalue weighted by molar-refractivity contribution is -0.129. The first-order valence-corrected chi connectivity index (χ1v) is 9.18.